The standard InChI is InChI=1S/C26H37FN4O4S/c1-18-13-14-19(2)23(15-18)31(36(34,35)29(7)8)17-24(32)30(16-21-11-9-10-12-22(21)27)20(3)25(33)28-26(4,5)6/h9-15,20H,16-17H2,1-8H3,(H,28,33)/t20-/m0/s1. The molecule has 0 heterocycles. The first-order valence-corrected chi connectivity index (χ1v) is 13.1. The second-order valence-corrected chi connectivity index (χ2v) is 12.2. The van der Waals surface area contributed by atoms with E-state index in [1.165, 1.54) is 37.2 Å². The van der Waals surface area contributed by atoms with Gasteiger partial charge in [-0.15, -0.1) is 0 Å². The van der Waals surface area contributed by atoms with E-state index in [2.05, 4.69) is 5.32 Å². The van der Waals surface area contributed by atoms with Crippen LogP contribution in [0.25, 0.3) is 0 Å². The van der Waals surface area contributed by atoms with Gasteiger partial charge in [0.2, 0.25) is 11.8 Å². The summed E-state index contributed by atoms with van der Waals surface area (Å²) < 4.78 is 43.2. The number of carbonyl (C=O) groups excluding carboxylic acids is 2. The first-order chi connectivity index (χ1) is 16.5. The van der Waals surface area contributed by atoms with E-state index in [0.717, 1.165) is 14.2 Å². The fourth-order valence-corrected chi connectivity index (χ4v) is 4.67. The third-order valence-corrected chi connectivity index (χ3v) is 7.42. The highest BCUT2D eigenvalue weighted by molar-refractivity contribution is 7.90. The number of amides is 2. The summed E-state index contributed by atoms with van der Waals surface area (Å²) in [5.41, 5.74) is 1.50. The molecule has 8 nitrogen and oxygen atoms in total. The number of hydrogen-bond donors (Lipinski definition) is 1. The molecule has 0 saturated heterocycles. The Kier molecular flexibility index (Phi) is 9.25. The van der Waals surface area contributed by atoms with Crippen LogP contribution in [0.3, 0.4) is 0 Å². The first kappa shape index (κ1) is 29.3. The predicted octanol–water partition coefficient (Wildman–Crippen LogP) is 3.39. The highest BCUT2D eigenvalue weighted by Crippen LogP contribution is 2.26. The van der Waals surface area contributed by atoms with Gasteiger partial charge in [0, 0.05) is 31.7 Å². The van der Waals surface area contributed by atoms with Crippen LogP contribution in [0.15, 0.2) is 42.5 Å². The SMILES string of the molecule is Cc1ccc(C)c(N(CC(=O)N(Cc2ccccc2F)[C@@H](C)C(=O)NC(C)(C)C)S(=O)(=O)N(C)C)c1. The summed E-state index contributed by atoms with van der Waals surface area (Å²) in [5.74, 6) is -1.59. The van der Waals surface area contributed by atoms with Gasteiger partial charge >= 0.3 is 10.2 Å². The maximum atomic E-state index is 14.5. The Morgan fingerprint density at radius 3 is 2.22 bits per heavy atom. The summed E-state index contributed by atoms with van der Waals surface area (Å²) in [6.07, 6.45) is 0. The van der Waals surface area contributed by atoms with Crippen LogP contribution in [-0.4, -0.2) is 61.7 Å². The molecule has 10 heteroatoms. The topological polar surface area (TPSA) is 90.0 Å². The molecular weight excluding hydrogens is 483 g/mol. The summed E-state index contributed by atoms with van der Waals surface area (Å²) in [5, 5.41) is 2.84. The summed E-state index contributed by atoms with van der Waals surface area (Å²) in [6, 6.07) is 10.3. The highest BCUT2D eigenvalue weighted by Gasteiger charge is 2.34. The molecule has 0 bridgehead atoms. The summed E-state index contributed by atoms with van der Waals surface area (Å²) >= 11 is 0. The van der Waals surface area contributed by atoms with Gasteiger partial charge in [0.1, 0.15) is 18.4 Å². The number of halogens is 1. The Morgan fingerprint density at radius 1 is 1.06 bits per heavy atom. The molecule has 0 radical (unpaired) electrons. The van der Waals surface area contributed by atoms with Crippen molar-refractivity contribution in [3.05, 3.63) is 65.0 Å². The second-order valence-electron chi connectivity index (χ2n) is 10.1. The lowest BCUT2D eigenvalue weighted by Gasteiger charge is -2.34. The molecule has 2 rings (SSSR count). The first-order valence-electron chi connectivity index (χ1n) is 11.7. The molecule has 36 heavy (non-hydrogen) atoms. The van der Waals surface area contributed by atoms with E-state index in [1.807, 2.05) is 33.8 Å². The Morgan fingerprint density at radius 2 is 1.67 bits per heavy atom. The fourth-order valence-electron chi connectivity index (χ4n) is 3.56. The van der Waals surface area contributed by atoms with E-state index < -0.39 is 46.0 Å². The van der Waals surface area contributed by atoms with Gasteiger partial charge in [0.25, 0.3) is 0 Å². The molecule has 1 N–H and O–H groups in total. The van der Waals surface area contributed by atoms with Crippen molar-refractivity contribution in [2.75, 3.05) is 24.9 Å². The van der Waals surface area contributed by atoms with E-state index in [4.69, 9.17) is 0 Å². The number of nitrogens with zero attached hydrogens (tertiary/aromatic N) is 3. The number of carbonyl (C=O) groups is 2. The molecule has 0 aromatic heterocycles. The Hall–Kier alpha value is -2.98. The minimum Gasteiger partial charge on any atom is -0.350 e. The van der Waals surface area contributed by atoms with E-state index in [1.54, 1.807) is 32.0 Å². The average Bonchev–Trinajstić information content (AvgIpc) is 2.76. The van der Waals surface area contributed by atoms with Gasteiger partial charge in [-0.2, -0.15) is 12.7 Å². The zero-order valence-electron chi connectivity index (χ0n) is 22.3. The summed E-state index contributed by atoms with van der Waals surface area (Å²) in [6.45, 7) is 9.80. The lowest BCUT2D eigenvalue weighted by Crippen LogP contribution is -2.55. The zero-order valence-corrected chi connectivity index (χ0v) is 23.1. The maximum Gasteiger partial charge on any atom is 0.304 e. The van der Waals surface area contributed by atoms with Crippen LogP contribution in [0.2, 0.25) is 0 Å². The van der Waals surface area contributed by atoms with Gasteiger partial charge in [-0.3, -0.25) is 9.59 Å². The van der Waals surface area contributed by atoms with Gasteiger partial charge in [-0.25, -0.2) is 8.70 Å². The molecule has 2 aromatic rings. The van der Waals surface area contributed by atoms with Crippen molar-refractivity contribution in [3.63, 3.8) is 0 Å². The largest absolute Gasteiger partial charge is 0.350 e. The van der Waals surface area contributed by atoms with Crippen molar-refractivity contribution in [3.8, 4) is 0 Å². The fraction of sp³-hybridized carbons (Fsp3) is 0.462. The number of nitrogens with one attached hydrogen (secondary N) is 1. The average molecular weight is 521 g/mol. The highest BCUT2D eigenvalue weighted by atomic mass is 32.2. The molecule has 0 unspecified atom stereocenters. The van der Waals surface area contributed by atoms with Crippen molar-refractivity contribution >= 4 is 27.7 Å². The number of benzene rings is 2. The van der Waals surface area contributed by atoms with Gasteiger partial charge < -0.3 is 10.2 Å². The molecule has 1 atom stereocenters. The normalized spacial score (nSPS) is 12.8. The van der Waals surface area contributed by atoms with Crippen molar-refractivity contribution in [1.29, 1.82) is 0 Å². The van der Waals surface area contributed by atoms with E-state index in [9.17, 15) is 22.4 Å². The van der Waals surface area contributed by atoms with Crippen LogP contribution in [0.4, 0.5) is 10.1 Å². The maximum absolute atomic E-state index is 14.5. The van der Waals surface area contributed by atoms with Crippen molar-refractivity contribution < 1.29 is 22.4 Å². The molecule has 2 amide bonds. The van der Waals surface area contributed by atoms with E-state index >= 15 is 0 Å². The predicted molar refractivity (Wildman–Crippen MR) is 140 cm³/mol. The van der Waals surface area contributed by atoms with E-state index in [0.29, 0.717) is 11.3 Å². The van der Waals surface area contributed by atoms with Gasteiger partial charge in [0.05, 0.1) is 5.69 Å². The Labute approximate surface area is 214 Å². The minimum atomic E-state index is -4.07. The van der Waals surface area contributed by atoms with Crippen LogP contribution in [0.5, 0.6) is 0 Å². The molecule has 0 fully saturated rings. The minimum absolute atomic E-state index is 0.202. The van der Waals surface area contributed by atoms with Gasteiger partial charge in [-0.1, -0.05) is 30.3 Å². The van der Waals surface area contributed by atoms with Gasteiger partial charge in [-0.05, 0) is 64.8 Å². The number of anilines is 1. The molecule has 0 aliphatic carbocycles. The molecule has 0 saturated carbocycles. The summed E-state index contributed by atoms with van der Waals surface area (Å²) in [7, 11) is -1.30. The molecule has 0 spiro atoms. The van der Waals surface area contributed by atoms with Crippen LogP contribution in [0.1, 0.15) is 44.4 Å². The Bertz CT molecular complexity index is 1210. The third-order valence-electron chi connectivity index (χ3n) is 5.62. The van der Waals surface area contributed by atoms with Crippen molar-refractivity contribution in [1.82, 2.24) is 14.5 Å². The summed E-state index contributed by atoms with van der Waals surface area (Å²) in [4.78, 5) is 27.9. The Balaban J connectivity index is 2.54. The second kappa shape index (κ2) is 11.4. The van der Waals surface area contributed by atoms with Crippen LogP contribution < -0.4 is 9.62 Å². The molecule has 0 aliphatic heterocycles. The monoisotopic (exact) mass is 520 g/mol. The van der Waals surface area contributed by atoms with Crippen LogP contribution in [-0.2, 0) is 26.3 Å². The molecule has 198 valence electrons. The quantitative estimate of drug-likeness (QED) is 0.549. The van der Waals surface area contributed by atoms with E-state index in [-0.39, 0.29) is 12.1 Å². The number of aryl methyl sites for hydroxylation is 2. The number of hydrogen-bond acceptors (Lipinski definition) is 4. The molecular formula is C26H37FN4O4S. The van der Waals surface area contributed by atoms with Crippen LogP contribution in [0, 0.1) is 19.7 Å². The van der Waals surface area contributed by atoms with Crippen molar-refractivity contribution in [2.45, 2.75) is 59.7 Å². The van der Waals surface area contributed by atoms with Gasteiger partial charge in [0.15, 0.2) is 0 Å². The smallest absolute Gasteiger partial charge is 0.304 e. The zero-order chi connectivity index (χ0) is 27.4. The molecule has 2 aromatic carbocycles. The lowest BCUT2D eigenvalue weighted by atomic mass is 10.1. The third kappa shape index (κ3) is 7.27. The van der Waals surface area contributed by atoms with Crippen LogP contribution >= 0.6 is 0 Å². The number of rotatable bonds is 9. The van der Waals surface area contributed by atoms with Crippen molar-refractivity contribution in [2.24, 2.45) is 0 Å². The lowest BCUT2D eigenvalue weighted by molar-refractivity contribution is -0.140. The molecule has 0 aliphatic rings.